The summed E-state index contributed by atoms with van der Waals surface area (Å²) in [5, 5.41) is 14.3. The molecule has 0 saturated carbocycles. The van der Waals surface area contributed by atoms with E-state index in [0.29, 0.717) is 11.6 Å². The van der Waals surface area contributed by atoms with Crippen molar-refractivity contribution in [1.29, 1.82) is 0 Å². The minimum Gasteiger partial charge on any atom is -0.387 e. The van der Waals surface area contributed by atoms with E-state index in [1.165, 1.54) is 0 Å². The molecule has 2 N–H and O–H groups in total. The average molecular weight is 270 g/mol. The van der Waals surface area contributed by atoms with Crippen LogP contribution in [0.1, 0.15) is 51.7 Å². The maximum Gasteiger partial charge on any atom is 0.0928 e. The lowest BCUT2D eigenvalue weighted by Gasteiger charge is -2.33. The first-order valence-corrected chi connectivity index (χ1v) is 7.13. The summed E-state index contributed by atoms with van der Waals surface area (Å²) in [7, 11) is 0. The topological polar surface area (TPSA) is 32.3 Å². The number of nitrogens with one attached hydrogen (secondary N) is 1. The van der Waals surface area contributed by atoms with Gasteiger partial charge in [-0.1, -0.05) is 50.6 Å². The zero-order valence-electron chi connectivity index (χ0n) is 11.5. The number of halogens is 1. The van der Waals surface area contributed by atoms with Gasteiger partial charge in [0.05, 0.1) is 6.10 Å². The zero-order valence-corrected chi connectivity index (χ0v) is 12.3. The van der Waals surface area contributed by atoms with Crippen LogP contribution >= 0.6 is 11.6 Å². The third-order valence-electron chi connectivity index (χ3n) is 3.96. The summed E-state index contributed by atoms with van der Waals surface area (Å²) in [5.41, 5.74) is 0.922. The number of hydrogen-bond donors (Lipinski definition) is 2. The molecule has 1 atom stereocenters. The minimum absolute atomic E-state index is 0.127. The smallest absolute Gasteiger partial charge is 0.0928 e. The van der Waals surface area contributed by atoms with Crippen LogP contribution in [0.5, 0.6) is 0 Å². The summed E-state index contributed by atoms with van der Waals surface area (Å²) < 4.78 is 0. The number of hydrogen-bond acceptors (Lipinski definition) is 2. The first kappa shape index (κ1) is 15.5. The highest BCUT2D eigenvalue weighted by molar-refractivity contribution is 6.31. The molecule has 0 radical (unpaired) electrons. The molecule has 0 aliphatic carbocycles. The SMILES string of the molecule is CCC(CC)(CC)NCC(O)c1ccccc1Cl. The summed E-state index contributed by atoms with van der Waals surface area (Å²) in [4.78, 5) is 0. The molecule has 3 heteroatoms. The maximum absolute atomic E-state index is 10.2. The fraction of sp³-hybridized carbons (Fsp3) is 0.600. The van der Waals surface area contributed by atoms with Gasteiger partial charge in [0.1, 0.15) is 0 Å². The molecule has 0 spiro atoms. The van der Waals surface area contributed by atoms with Crippen molar-refractivity contribution < 1.29 is 5.11 Å². The Morgan fingerprint density at radius 1 is 1.17 bits per heavy atom. The van der Waals surface area contributed by atoms with Gasteiger partial charge in [0, 0.05) is 22.7 Å². The van der Waals surface area contributed by atoms with Crippen LogP contribution in [-0.4, -0.2) is 17.2 Å². The summed E-state index contributed by atoms with van der Waals surface area (Å²) in [6.45, 7) is 7.09. The van der Waals surface area contributed by atoms with Crippen molar-refractivity contribution in [2.75, 3.05) is 6.54 Å². The Morgan fingerprint density at radius 3 is 2.22 bits per heavy atom. The van der Waals surface area contributed by atoms with E-state index < -0.39 is 6.10 Å². The standard InChI is InChI=1S/C15H24ClNO/c1-4-15(5-2,6-3)17-11-14(18)12-9-7-8-10-13(12)16/h7-10,14,17-18H,4-6,11H2,1-3H3. The van der Waals surface area contributed by atoms with Crippen molar-refractivity contribution in [3.05, 3.63) is 34.9 Å². The molecule has 0 amide bonds. The molecular weight excluding hydrogens is 246 g/mol. The highest BCUT2D eigenvalue weighted by atomic mass is 35.5. The predicted octanol–water partition coefficient (Wildman–Crippen LogP) is 3.93. The van der Waals surface area contributed by atoms with Crippen LogP contribution in [0.4, 0.5) is 0 Å². The summed E-state index contributed by atoms with van der Waals surface area (Å²) in [5.74, 6) is 0. The zero-order chi connectivity index (χ0) is 13.6. The number of benzene rings is 1. The summed E-state index contributed by atoms with van der Waals surface area (Å²) in [6.07, 6.45) is 2.64. The number of rotatable bonds is 7. The van der Waals surface area contributed by atoms with Crippen LogP contribution in [0, 0.1) is 0 Å². The third-order valence-corrected chi connectivity index (χ3v) is 4.31. The highest BCUT2D eigenvalue weighted by Gasteiger charge is 2.24. The molecule has 102 valence electrons. The third kappa shape index (κ3) is 3.71. The van der Waals surface area contributed by atoms with Crippen LogP contribution in [0.25, 0.3) is 0 Å². The second kappa shape index (κ2) is 7.13. The van der Waals surface area contributed by atoms with Gasteiger partial charge in [-0.2, -0.15) is 0 Å². The Bertz CT molecular complexity index is 355. The minimum atomic E-state index is -0.553. The van der Waals surface area contributed by atoms with Gasteiger partial charge in [0.25, 0.3) is 0 Å². The van der Waals surface area contributed by atoms with E-state index in [2.05, 4.69) is 26.1 Å². The Labute approximate surface area is 115 Å². The van der Waals surface area contributed by atoms with Crippen LogP contribution in [-0.2, 0) is 0 Å². The molecule has 0 fully saturated rings. The second-order valence-electron chi connectivity index (χ2n) is 4.76. The molecule has 1 unspecified atom stereocenters. The van der Waals surface area contributed by atoms with Gasteiger partial charge in [-0.3, -0.25) is 0 Å². The van der Waals surface area contributed by atoms with Crippen molar-refractivity contribution in [3.63, 3.8) is 0 Å². The molecule has 1 aromatic carbocycles. The monoisotopic (exact) mass is 269 g/mol. The van der Waals surface area contributed by atoms with Gasteiger partial charge in [0.15, 0.2) is 0 Å². The molecule has 2 nitrogen and oxygen atoms in total. The first-order chi connectivity index (χ1) is 8.58. The molecule has 0 saturated heterocycles. The van der Waals surface area contributed by atoms with E-state index in [4.69, 9.17) is 11.6 Å². The normalized spacial score (nSPS) is 13.6. The number of β-amino-alcohol motifs (C(OH)–C–C–N with tert-alkyl or cyclic N) is 1. The lowest BCUT2D eigenvalue weighted by atomic mass is 9.89. The van der Waals surface area contributed by atoms with Crippen molar-refractivity contribution >= 4 is 11.6 Å². The van der Waals surface area contributed by atoms with Crippen LogP contribution in [0.2, 0.25) is 5.02 Å². The van der Waals surface area contributed by atoms with E-state index >= 15 is 0 Å². The van der Waals surface area contributed by atoms with Gasteiger partial charge in [-0.05, 0) is 25.3 Å². The van der Waals surface area contributed by atoms with Crippen LogP contribution < -0.4 is 5.32 Å². The van der Waals surface area contributed by atoms with Crippen molar-refractivity contribution in [3.8, 4) is 0 Å². The summed E-state index contributed by atoms with van der Waals surface area (Å²) >= 11 is 6.08. The molecule has 1 rings (SSSR count). The van der Waals surface area contributed by atoms with Crippen molar-refractivity contribution in [2.45, 2.75) is 51.7 Å². The molecule has 0 heterocycles. The lowest BCUT2D eigenvalue weighted by molar-refractivity contribution is 0.150. The molecule has 0 bridgehead atoms. The van der Waals surface area contributed by atoms with Gasteiger partial charge in [-0.25, -0.2) is 0 Å². The average Bonchev–Trinajstić information content (AvgIpc) is 2.41. The quantitative estimate of drug-likeness (QED) is 0.786. The molecule has 0 aliphatic rings. The van der Waals surface area contributed by atoms with Gasteiger partial charge >= 0.3 is 0 Å². The highest BCUT2D eigenvalue weighted by Crippen LogP contribution is 2.24. The van der Waals surface area contributed by atoms with Gasteiger partial charge < -0.3 is 10.4 Å². The van der Waals surface area contributed by atoms with Crippen LogP contribution in [0.3, 0.4) is 0 Å². The molecular formula is C15H24ClNO. The Balaban J connectivity index is 2.66. The van der Waals surface area contributed by atoms with Gasteiger partial charge in [-0.15, -0.1) is 0 Å². The predicted molar refractivity (Wildman–Crippen MR) is 78.0 cm³/mol. The van der Waals surface area contributed by atoms with E-state index in [-0.39, 0.29) is 5.54 Å². The van der Waals surface area contributed by atoms with Crippen molar-refractivity contribution in [2.24, 2.45) is 0 Å². The van der Waals surface area contributed by atoms with Crippen molar-refractivity contribution in [1.82, 2.24) is 5.32 Å². The number of aliphatic hydroxyl groups is 1. The molecule has 0 aromatic heterocycles. The Morgan fingerprint density at radius 2 is 1.72 bits per heavy atom. The molecule has 0 aliphatic heterocycles. The fourth-order valence-corrected chi connectivity index (χ4v) is 2.56. The Kier molecular flexibility index (Phi) is 6.13. The molecule has 1 aromatic rings. The van der Waals surface area contributed by atoms with Crippen LogP contribution in [0.15, 0.2) is 24.3 Å². The van der Waals surface area contributed by atoms with E-state index in [9.17, 15) is 5.11 Å². The second-order valence-corrected chi connectivity index (χ2v) is 5.17. The number of aliphatic hydroxyl groups excluding tert-OH is 1. The van der Waals surface area contributed by atoms with Gasteiger partial charge in [0.2, 0.25) is 0 Å². The fourth-order valence-electron chi connectivity index (χ4n) is 2.29. The Hall–Kier alpha value is -0.570. The maximum atomic E-state index is 10.2. The van der Waals surface area contributed by atoms with E-state index in [1.807, 2.05) is 24.3 Å². The summed E-state index contributed by atoms with van der Waals surface area (Å²) in [6, 6.07) is 7.46. The molecule has 18 heavy (non-hydrogen) atoms. The van der Waals surface area contributed by atoms with E-state index in [0.717, 1.165) is 24.8 Å². The lowest BCUT2D eigenvalue weighted by Crippen LogP contribution is -2.45. The largest absolute Gasteiger partial charge is 0.387 e. The first-order valence-electron chi connectivity index (χ1n) is 6.76. The van der Waals surface area contributed by atoms with E-state index in [1.54, 1.807) is 0 Å².